The third-order valence-electron chi connectivity index (χ3n) is 4.07. The van der Waals surface area contributed by atoms with Crippen LogP contribution in [-0.4, -0.2) is 33.6 Å². The molecule has 1 saturated heterocycles. The monoisotopic (exact) mass is 398 g/mol. The minimum Gasteiger partial charge on any atom is -0.380 e. The van der Waals surface area contributed by atoms with E-state index in [4.69, 9.17) is 4.74 Å². The van der Waals surface area contributed by atoms with Gasteiger partial charge in [-0.25, -0.2) is 17.5 Å². The van der Waals surface area contributed by atoms with Gasteiger partial charge in [0.05, 0.1) is 12.2 Å². The first-order valence-corrected chi connectivity index (χ1v) is 10.3. The average molecular weight is 398 g/mol. The van der Waals surface area contributed by atoms with Crippen molar-refractivity contribution in [2.75, 3.05) is 18.5 Å². The van der Waals surface area contributed by atoms with Crippen molar-refractivity contribution in [2.45, 2.75) is 30.5 Å². The fourth-order valence-electron chi connectivity index (χ4n) is 2.64. The van der Waals surface area contributed by atoms with E-state index in [0.717, 1.165) is 11.3 Å². The number of benzene rings is 1. The summed E-state index contributed by atoms with van der Waals surface area (Å²) in [6.45, 7) is 4.17. The number of carbonyl (C=O) groups excluding carboxylic acids is 1. The molecule has 1 aliphatic rings. The zero-order valence-electron chi connectivity index (χ0n) is 14.3. The lowest BCUT2D eigenvalue weighted by atomic mass is 10.2. The first-order chi connectivity index (χ1) is 12.3. The molecular formula is C17H19FN2O4S2. The van der Waals surface area contributed by atoms with Gasteiger partial charge in [0.25, 0.3) is 5.91 Å². The van der Waals surface area contributed by atoms with Gasteiger partial charge >= 0.3 is 0 Å². The largest absolute Gasteiger partial charge is 0.380 e. The van der Waals surface area contributed by atoms with E-state index in [1.54, 1.807) is 13.8 Å². The summed E-state index contributed by atoms with van der Waals surface area (Å²) in [5, 5.41) is 2.67. The normalized spacial score (nSPS) is 17.4. The standard InChI is InChI=1S/C17H19FN2O4S2/c1-10-7-12(3-4-15(10)18)19-17(21)14-8-16(25-11(14)2)26(22,23)20-13-5-6-24-9-13/h3-4,7-8,13,20H,5-6,9H2,1-2H3,(H,19,21). The molecule has 2 aromatic rings. The highest BCUT2D eigenvalue weighted by molar-refractivity contribution is 7.91. The van der Waals surface area contributed by atoms with E-state index in [2.05, 4.69) is 10.0 Å². The maximum Gasteiger partial charge on any atom is 0.256 e. The topological polar surface area (TPSA) is 84.5 Å². The van der Waals surface area contributed by atoms with Crippen LogP contribution in [0.25, 0.3) is 0 Å². The lowest BCUT2D eigenvalue weighted by Gasteiger charge is -2.09. The van der Waals surface area contributed by atoms with Crippen LogP contribution in [0, 0.1) is 19.7 Å². The van der Waals surface area contributed by atoms with Gasteiger partial charge in [-0.05, 0) is 50.1 Å². The summed E-state index contributed by atoms with van der Waals surface area (Å²) in [7, 11) is -3.71. The molecule has 2 heterocycles. The number of halogens is 1. The summed E-state index contributed by atoms with van der Waals surface area (Å²) in [6.07, 6.45) is 0.626. The molecule has 2 N–H and O–H groups in total. The SMILES string of the molecule is Cc1cc(NC(=O)c2cc(S(=O)(=O)NC3CCOC3)sc2C)ccc1F. The quantitative estimate of drug-likeness (QED) is 0.811. The number of hydrogen-bond donors (Lipinski definition) is 2. The molecule has 6 nitrogen and oxygen atoms in total. The summed E-state index contributed by atoms with van der Waals surface area (Å²) in [5.41, 5.74) is 1.14. The third kappa shape index (κ3) is 4.12. The van der Waals surface area contributed by atoms with Gasteiger partial charge in [0.2, 0.25) is 10.0 Å². The molecule has 1 aromatic carbocycles. The van der Waals surface area contributed by atoms with Crippen molar-refractivity contribution < 1.29 is 22.3 Å². The molecule has 0 radical (unpaired) electrons. The number of carbonyl (C=O) groups is 1. The third-order valence-corrected chi connectivity index (χ3v) is 7.12. The molecule has 140 valence electrons. The molecular weight excluding hydrogens is 379 g/mol. The van der Waals surface area contributed by atoms with E-state index >= 15 is 0 Å². The van der Waals surface area contributed by atoms with Gasteiger partial charge in [0.1, 0.15) is 10.0 Å². The minimum absolute atomic E-state index is 0.0855. The number of thiophene rings is 1. The van der Waals surface area contributed by atoms with Gasteiger partial charge in [0, 0.05) is 23.2 Å². The predicted octanol–water partition coefficient (Wildman–Crippen LogP) is 2.82. The second-order valence-electron chi connectivity index (χ2n) is 6.14. The second-order valence-corrected chi connectivity index (χ2v) is 9.33. The molecule has 26 heavy (non-hydrogen) atoms. The van der Waals surface area contributed by atoms with Gasteiger partial charge in [-0.3, -0.25) is 4.79 Å². The van der Waals surface area contributed by atoms with Crippen molar-refractivity contribution in [3.05, 3.63) is 46.1 Å². The Labute approximate surface area is 155 Å². The number of nitrogens with one attached hydrogen (secondary N) is 2. The number of anilines is 1. The zero-order chi connectivity index (χ0) is 18.9. The smallest absolute Gasteiger partial charge is 0.256 e. The Hall–Kier alpha value is -1.81. The molecule has 1 amide bonds. The van der Waals surface area contributed by atoms with E-state index in [1.807, 2.05) is 0 Å². The number of sulfonamides is 1. The van der Waals surface area contributed by atoms with Crippen molar-refractivity contribution in [1.29, 1.82) is 0 Å². The Morgan fingerprint density at radius 2 is 2.08 bits per heavy atom. The van der Waals surface area contributed by atoms with E-state index in [9.17, 15) is 17.6 Å². The summed E-state index contributed by atoms with van der Waals surface area (Å²) in [6, 6.07) is 5.37. The van der Waals surface area contributed by atoms with Crippen molar-refractivity contribution in [1.82, 2.24) is 4.72 Å². The molecule has 3 rings (SSSR count). The highest BCUT2D eigenvalue weighted by Crippen LogP contribution is 2.27. The Balaban J connectivity index is 1.78. The van der Waals surface area contributed by atoms with Gasteiger partial charge in [-0.15, -0.1) is 11.3 Å². The summed E-state index contributed by atoms with van der Waals surface area (Å²) in [5.74, 6) is -0.791. The van der Waals surface area contributed by atoms with Gasteiger partial charge in [-0.2, -0.15) is 0 Å². The second kappa shape index (κ2) is 7.43. The van der Waals surface area contributed by atoms with Crippen LogP contribution in [0.5, 0.6) is 0 Å². The fraction of sp³-hybridized carbons (Fsp3) is 0.353. The lowest BCUT2D eigenvalue weighted by Crippen LogP contribution is -2.34. The number of amides is 1. The highest BCUT2D eigenvalue weighted by atomic mass is 32.2. The van der Waals surface area contributed by atoms with Crippen molar-refractivity contribution in [2.24, 2.45) is 0 Å². The van der Waals surface area contributed by atoms with Crippen LogP contribution < -0.4 is 10.0 Å². The van der Waals surface area contributed by atoms with Gasteiger partial charge < -0.3 is 10.1 Å². The molecule has 0 aliphatic carbocycles. The van der Waals surface area contributed by atoms with Crippen LogP contribution in [0.15, 0.2) is 28.5 Å². The van der Waals surface area contributed by atoms with E-state index < -0.39 is 15.9 Å². The molecule has 0 saturated carbocycles. The van der Waals surface area contributed by atoms with Crippen LogP contribution >= 0.6 is 11.3 Å². The molecule has 1 unspecified atom stereocenters. The Bertz CT molecular complexity index is 934. The summed E-state index contributed by atoms with van der Waals surface area (Å²) >= 11 is 1.04. The Morgan fingerprint density at radius 3 is 2.73 bits per heavy atom. The van der Waals surface area contributed by atoms with Crippen molar-refractivity contribution >= 4 is 33.0 Å². The lowest BCUT2D eigenvalue weighted by molar-refractivity contribution is 0.102. The van der Waals surface area contributed by atoms with Crippen LogP contribution in [0.3, 0.4) is 0 Å². The maximum atomic E-state index is 13.3. The van der Waals surface area contributed by atoms with E-state index in [-0.39, 0.29) is 21.6 Å². The summed E-state index contributed by atoms with van der Waals surface area (Å²) < 4.78 is 46.2. The molecule has 1 aliphatic heterocycles. The van der Waals surface area contributed by atoms with Gasteiger partial charge in [0.15, 0.2) is 0 Å². The van der Waals surface area contributed by atoms with Crippen LogP contribution in [0.2, 0.25) is 0 Å². The zero-order valence-corrected chi connectivity index (χ0v) is 16.0. The van der Waals surface area contributed by atoms with Gasteiger partial charge in [-0.1, -0.05) is 0 Å². The first kappa shape index (κ1) is 19.0. The molecule has 0 bridgehead atoms. The summed E-state index contributed by atoms with van der Waals surface area (Å²) in [4.78, 5) is 13.1. The van der Waals surface area contributed by atoms with Crippen molar-refractivity contribution in [3.63, 3.8) is 0 Å². The Morgan fingerprint density at radius 1 is 1.31 bits per heavy atom. The van der Waals surface area contributed by atoms with Crippen LogP contribution in [-0.2, 0) is 14.8 Å². The highest BCUT2D eigenvalue weighted by Gasteiger charge is 2.26. The van der Waals surface area contributed by atoms with Crippen LogP contribution in [0.4, 0.5) is 10.1 Å². The molecule has 1 atom stereocenters. The van der Waals surface area contributed by atoms with Crippen LogP contribution in [0.1, 0.15) is 27.2 Å². The average Bonchev–Trinajstić information content (AvgIpc) is 3.20. The minimum atomic E-state index is -3.71. The molecule has 1 aromatic heterocycles. The Kier molecular flexibility index (Phi) is 5.42. The van der Waals surface area contributed by atoms with Crippen molar-refractivity contribution in [3.8, 4) is 0 Å². The van der Waals surface area contributed by atoms with E-state index in [1.165, 1.54) is 24.3 Å². The molecule has 1 fully saturated rings. The first-order valence-electron chi connectivity index (χ1n) is 8.04. The number of ether oxygens (including phenoxy) is 1. The predicted molar refractivity (Wildman–Crippen MR) is 97.7 cm³/mol. The number of hydrogen-bond acceptors (Lipinski definition) is 5. The number of rotatable bonds is 5. The number of aryl methyl sites for hydroxylation is 2. The maximum absolute atomic E-state index is 13.3. The van der Waals surface area contributed by atoms with E-state index in [0.29, 0.717) is 35.8 Å². The molecule has 0 spiro atoms. The molecule has 9 heteroatoms. The fourth-order valence-corrected chi connectivity index (χ4v) is 5.35.